The van der Waals surface area contributed by atoms with E-state index in [0.717, 1.165) is 0 Å². The van der Waals surface area contributed by atoms with Gasteiger partial charge in [-0.3, -0.25) is 0 Å². The second-order valence-electron chi connectivity index (χ2n) is 3.41. The molecule has 0 unspecified atom stereocenters. The molecule has 16 heavy (non-hydrogen) atoms. The molecule has 4 heteroatoms. The van der Waals surface area contributed by atoms with Crippen LogP contribution in [0.1, 0.15) is 0 Å². The highest BCUT2D eigenvalue weighted by atomic mass is 16.3. The van der Waals surface area contributed by atoms with Crippen LogP contribution >= 0.6 is 0 Å². The first kappa shape index (κ1) is 10.2. The minimum absolute atomic E-state index is 0.0863. The molecule has 0 spiro atoms. The van der Waals surface area contributed by atoms with Crippen LogP contribution in [0.3, 0.4) is 0 Å². The van der Waals surface area contributed by atoms with Crippen LogP contribution in [-0.4, -0.2) is 15.3 Å². The lowest BCUT2D eigenvalue weighted by molar-refractivity contribution is 0.450. The van der Waals surface area contributed by atoms with Crippen LogP contribution in [0.25, 0.3) is 11.1 Å². The van der Waals surface area contributed by atoms with Crippen molar-refractivity contribution in [2.45, 2.75) is 0 Å². The highest BCUT2D eigenvalue weighted by Crippen LogP contribution is 2.44. The normalized spacial score (nSPS) is 10.2. The van der Waals surface area contributed by atoms with Gasteiger partial charge in [0.15, 0.2) is 0 Å². The van der Waals surface area contributed by atoms with Crippen LogP contribution in [0, 0.1) is 0 Å². The molecule has 0 atom stereocenters. The number of rotatable bonds is 1. The maximum absolute atomic E-state index is 9.69. The average molecular weight is 217 g/mol. The third-order valence-electron chi connectivity index (χ3n) is 2.35. The van der Waals surface area contributed by atoms with Crippen LogP contribution in [0.5, 0.6) is 17.2 Å². The Balaban J connectivity index is 2.77. The Bertz CT molecular complexity index is 448. The van der Waals surface area contributed by atoms with Crippen molar-refractivity contribution >= 4 is 5.69 Å². The number of nitrogens with two attached hydrogens (primary N) is 1. The van der Waals surface area contributed by atoms with Gasteiger partial charge in [0.2, 0.25) is 0 Å². The first-order valence-electron chi connectivity index (χ1n) is 4.70. The smallest absolute Gasteiger partial charge is 0.127 e. The molecule has 0 aromatic heterocycles. The molecule has 0 aliphatic heterocycles. The summed E-state index contributed by atoms with van der Waals surface area (Å²) in [6, 6.07) is 8.95. The van der Waals surface area contributed by atoms with E-state index in [0.29, 0.717) is 0 Å². The van der Waals surface area contributed by atoms with Crippen molar-refractivity contribution in [1.82, 2.24) is 0 Å². The standard InChI is InChI=1S/C12H11NO3/c13-7-3-1-4-8(14)11(7)12-9(15)5-2-6-10(12)16/h1-6,14-16H,13H2. The largest absolute Gasteiger partial charge is 0.507 e. The molecule has 5 N–H and O–H groups in total. The van der Waals surface area contributed by atoms with Crippen LogP contribution < -0.4 is 5.73 Å². The Kier molecular flexibility index (Phi) is 2.32. The van der Waals surface area contributed by atoms with Gasteiger partial charge in [-0.25, -0.2) is 0 Å². The van der Waals surface area contributed by atoms with Crippen molar-refractivity contribution in [2.24, 2.45) is 0 Å². The predicted molar refractivity (Wildman–Crippen MR) is 61.3 cm³/mol. The highest BCUT2D eigenvalue weighted by molar-refractivity contribution is 5.88. The molecule has 0 saturated carbocycles. The van der Waals surface area contributed by atoms with Crippen LogP contribution in [-0.2, 0) is 0 Å². The Morgan fingerprint density at radius 3 is 1.62 bits per heavy atom. The fraction of sp³-hybridized carbons (Fsp3) is 0. The van der Waals surface area contributed by atoms with E-state index in [1.807, 2.05) is 0 Å². The Morgan fingerprint density at radius 1 is 0.688 bits per heavy atom. The Morgan fingerprint density at radius 2 is 1.12 bits per heavy atom. The predicted octanol–water partition coefficient (Wildman–Crippen LogP) is 2.05. The van der Waals surface area contributed by atoms with Gasteiger partial charge >= 0.3 is 0 Å². The molecule has 0 saturated heterocycles. The van der Waals surface area contributed by atoms with E-state index >= 15 is 0 Å². The molecule has 0 amide bonds. The van der Waals surface area contributed by atoms with E-state index in [2.05, 4.69) is 0 Å². The number of aromatic hydroxyl groups is 3. The molecule has 0 aliphatic rings. The quantitative estimate of drug-likeness (QED) is 0.550. The summed E-state index contributed by atoms with van der Waals surface area (Å²) in [5.41, 5.74) is 6.37. The van der Waals surface area contributed by atoms with Crippen molar-refractivity contribution in [1.29, 1.82) is 0 Å². The van der Waals surface area contributed by atoms with Gasteiger partial charge in [0.25, 0.3) is 0 Å². The van der Waals surface area contributed by atoms with Crippen molar-refractivity contribution in [2.75, 3.05) is 5.73 Å². The van der Waals surface area contributed by atoms with Crippen molar-refractivity contribution in [3.8, 4) is 28.4 Å². The summed E-state index contributed by atoms with van der Waals surface area (Å²) < 4.78 is 0. The van der Waals surface area contributed by atoms with Gasteiger partial charge in [-0.1, -0.05) is 12.1 Å². The number of hydrogen-bond acceptors (Lipinski definition) is 4. The van der Waals surface area contributed by atoms with Gasteiger partial charge in [0, 0.05) is 5.69 Å². The number of anilines is 1. The summed E-state index contributed by atoms with van der Waals surface area (Å²) >= 11 is 0. The van der Waals surface area contributed by atoms with Gasteiger partial charge in [0.1, 0.15) is 17.2 Å². The SMILES string of the molecule is Nc1cccc(O)c1-c1c(O)cccc1O. The number of phenolic OH excluding ortho intramolecular Hbond substituents is 3. The Labute approximate surface area is 92.2 Å². The van der Waals surface area contributed by atoms with E-state index in [4.69, 9.17) is 5.73 Å². The minimum Gasteiger partial charge on any atom is -0.507 e. The monoisotopic (exact) mass is 217 g/mol. The molecule has 82 valence electrons. The third-order valence-corrected chi connectivity index (χ3v) is 2.35. The number of benzene rings is 2. The summed E-state index contributed by atoms with van der Waals surface area (Å²) in [4.78, 5) is 0. The summed E-state index contributed by atoms with van der Waals surface area (Å²) in [7, 11) is 0. The minimum atomic E-state index is -0.131. The van der Waals surface area contributed by atoms with Gasteiger partial charge in [0.05, 0.1) is 11.1 Å². The van der Waals surface area contributed by atoms with Gasteiger partial charge in [-0.05, 0) is 24.3 Å². The molecule has 4 nitrogen and oxygen atoms in total. The fourth-order valence-electron chi connectivity index (χ4n) is 1.61. The number of nitrogen functional groups attached to an aromatic ring is 1. The second-order valence-corrected chi connectivity index (χ2v) is 3.41. The number of hydrogen-bond donors (Lipinski definition) is 4. The summed E-state index contributed by atoms with van der Waals surface area (Å²) in [6.45, 7) is 0. The van der Waals surface area contributed by atoms with E-state index < -0.39 is 0 Å². The van der Waals surface area contributed by atoms with Crippen molar-refractivity contribution in [3.63, 3.8) is 0 Å². The molecule has 2 aromatic rings. The maximum Gasteiger partial charge on any atom is 0.127 e. The molecule has 2 rings (SSSR count). The van der Waals surface area contributed by atoms with Crippen molar-refractivity contribution < 1.29 is 15.3 Å². The first-order valence-corrected chi connectivity index (χ1v) is 4.70. The Hall–Kier alpha value is -2.36. The molecular weight excluding hydrogens is 206 g/mol. The van der Waals surface area contributed by atoms with Crippen molar-refractivity contribution in [3.05, 3.63) is 36.4 Å². The van der Waals surface area contributed by atoms with Crippen LogP contribution in [0.4, 0.5) is 5.69 Å². The van der Waals surface area contributed by atoms with E-state index in [1.54, 1.807) is 12.1 Å². The highest BCUT2D eigenvalue weighted by Gasteiger charge is 2.15. The lowest BCUT2D eigenvalue weighted by Crippen LogP contribution is -1.91. The maximum atomic E-state index is 9.69. The number of phenols is 3. The zero-order valence-electron chi connectivity index (χ0n) is 8.38. The molecule has 0 aliphatic carbocycles. The van der Waals surface area contributed by atoms with Crippen LogP contribution in [0.2, 0.25) is 0 Å². The molecular formula is C12H11NO3. The van der Waals surface area contributed by atoms with Gasteiger partial charge in [-0.2, -0.15) is 0 Å². The van der Waals surface area contributed by atoms with E-state index in [-0.39, 0.29) is 34.1 Å². The zero-order chi connectivity index (χ0) is 11.7. The van der Waals surface area contributed by atoms with Crippen LogP contribution in [0.15, 0.2) is 36.4 Å². The van der Waals surface area contributed by atoms with Gasteiger partial charge in [-0.15, -0.1) is 0 Å². The van der Waals surface area contributed by atoms with Gasteiger partial charge < -0.3 is 21.1 Å². The zero-order valence-corrected chi connectivity index (χ0v) is 8.38. The molecule has 0 radical (unpaired) electrons. The average Bonchev–Trinajstić information content (AvgIpc) is 2.21. The lowest BCUT2D eigenvalue weighted by Gasteiger charge is -2.11. The molecule has 2 aromatic carbocycles. The summed E-state index contributed by atoms with van der Waals surface area (Å²) in [5.74, 6) is -0.349. The molecule has 0 bridgehead atoms. The molecule has 0 heterocycles. The lowest BCUT2D eigenvalue weighted by atomic mass is 10.0. The fourth-order valence-corrected chi connectivity index (χ4v) is 1.61. The van der Waals surface area contributed by atoms with E-state index in [1.165, 1.54) is 24.3 Å². The second kappa shape index (κ2) is 3.66. The third kappa shape index (κ3) is 1.50. The topological polar surface area (TPSA) is 86.7 Å². The summed E-state index contributed by atoms with van der Waals surface area (Å²) in [6.07, 6.45) is 0. The first-order chi connectivity index (χ1) is 7.61. The van der Waals surface area contributed by atoms with E-state index in [9.17, 15) is 15.3 Å². The molecule has 0 fully saturated rings. The summed E-state index contributed by atoms with van der Waals surface area (Å²) in [5, 5.41) is 29.0.